The number of rotatable bonds is 2. The summed E-state index contributed by atoms with van der Waals surface area (Å²) < 4.78 is 1.64. The van der Waals surface area contributed by atoms with Gasteiger partial charge in [-0.2, -0.15) is 0 Å². The number of hydrogen-bond donors (Lipinski definition) is 2. The van der Waals surface area contributed by atoms with E-state index in [1.54, 1.807) is 0 Å². The molecule has 1 aromatic carbocycles. The molecule has 4 heteroatoms. The summed E-state index contributed by atoms with van der Waals surface area (Å²) in [6.45, 7) is 0. The highest BCUT2D eigenvalue weighted by Crippen LogP contribution is 2.42. The van der Waals surface area contributed by atoms with Crippen LogP contribution in [0.2, 0.25) is 0 Å². The van der Waals surface area contributed by atoms with Crippen molar-refractivity contribution in [3.05, 3.63) is 26.6 Å². The fraction of sp³-hybridized carbons (Fsp3) is 0.455. The molecular weight excluding hydrogens is 322 g/mol. The van der Waals surface area contributed by atoms with Gasteiger partial charge in [0.1, 0.15) is 5.75 Å². The average Bonchev–Trinajstić information content (AvgIpc) is 2.08. The Hall–Kier alpha value is -0.0600. The molecule has 0 radical (unpaired) electrons. The molecule has 1 aliphatic carbocycles. The van der Waals surface area contributed by atoms with Gasteiger partial charge in [0.15, 0.2) is 0 Å². The molecule has 0 amide bonds. The summed E-state index contributed by atoms with van der Waals surface area (Å²) >= 11 is 6.73. The summed E-state index contributed by atoms with van der Waals surface area (Å²) in [4.78, 5) is 0. The lowest BCUT2D eigenvalue weighted by molar-refractivity contribution is 0.260. The van der Waals surface area contributed by atoms with E-state index in [4.69, 9.17) is 5.73 Å². The van der Waals surface area contributed by atoms with E-state index >= 15 is 0 Å². The predicted molar refractivity (Wildman–Crippen MR) is 67.8 cm³/mol. The van der Waals surface area contributed by atoms with Gasteiger partial charge in [0.25, 0.3) is 0 Å². The molecular formula is C11H13Br2NO. The molecule has 0 aliphatic heterocycles. The van der Waals surface area contributed by atoms with E-state index in [0.717, 1.165) is 10.0 Å². The Bertz CT molecular complexity index is 377. The molecule has 15 heavy (non-hydrogen) atoms. The molecule has 82 valence electrons. The monoisotopic (exact) mass is 333 g/mol. The van der Waals surface area contributed by atoms with Gasteiger partial charge in [-0.25, -0.2) is 0 Å². The van der Waals surface area contributed by atoms with Gasteiger partial charge in [-0.1, -0.05) is 22.4 Å². The van der Waals surface area contributed by atoms with Gasteiger partial charge in [-0.15, -0.1) is 0 Å². The third-order valence-electron chi connectivity index (χ3n) is 3.07. The molecule has 0 spiro atoms. The van der Waals surface area contributed by atoms with Crippen molar-refractivity contribution >= 4 is 31.9 Å². The molecule has 1 saturated carbocycles. The predicted octanol–water partition coefficient (Wildman–Crippen LogP) is 3.72. The zero-order valence-electron chi connectivity index (χ0n) is 8.21. The van der Waals surface area contributed by atoms with Gasteiger partial charge >= 0.3 is 0 Å². The van der Waals surface area contributed by atoms with Crippen LogP contribution in [-0.4, -0.2) is 5.11 Å². The minimum absolute atomic E-state index is 0.0486. The van der Waals surface area contributed by atoms with E-state index in [1.807, 2.05) is 12.1 Å². The standard InChI is InChI=1S/C11H13Br2NO/c12-7-4-8(11(15)9(13)5-7)10(14)6-2-1-3-6/h4-6,10,15H,1-3,14H2/t10-/m1/s1. The van der Waals surface area contributed by atoms with Crippen LogP contribution in [-0.2, 0) is 0 Å². The van der Waals surface area contributed by atoms with Crippen molar-refractivity contribution in [2.75, 3.05) is 0 Å². The molecule has 1 fully saturated rings. The second-order valence-corrected chi connectivity index (χ2v) is 5.81. The smallest absolute Gasteiger partial charge is 0.134 e. The lowest BCUT2D eigenvalue weighted by Crippen LogP contribution is -2.26. The van der Waals surface area contributed by atoms with E-state index in [2.05, 4.69) is 31.9 Å². The molecule has 1 atom stereocenters. The van der Waals surface area contributed by atoms with Crippen LogP contribution in [0.1, 0.15) is 30.9 Å². The topological polar surface area (TPSA) is 46.2 Å². The summed E-state index contributed by atoms with van der Waals surface area (Å²) in [5.41, 5.74) is 6.97. The average molecular weight is 335 g/mol. The minimum Gasteiger partial charge on any atom is -0.506 e. The summed E-state index contributed by atoms with van der Waals surface area (Å²) in [6.07, 6.45) is 3.60. The van der Waals surface area contributed by atoms with E-state index in [1.165, 1.54) is 19.3 Å². The molecule has 3 N–H and O–H groups in total. The molecule has 1 aliphatic rings. The van der Waals surface area contributed by atoms with Gasteiger partial charge in [0.05, 0.1) is 4.47 Å². The van der Waals surface area contributed by atoms with Crippen LogP contribution in [0.5, 0.6) is 5.75 Å². The number of aromatic hydroxyl groups is 1. The maximum atomic E-state index is 9.91. The molecule has 0 saturated heterocycles. The van der Waals surface area contributed by atoms with Crippen molar-refractivity contribution in [3.8, 4) is 5.75 Å². The number of hydrogen-bond acceptors (Lipinski definition) is 2. The first-order chi connectivity index (χ1) is 7.09. The Kier molecular flexibility index (Phi) is 3.38. The van der Waals surface area contributed by atoms with Gasteiger partial charge < -0.3 is 10.8 Å². The van der Waals surface area contributed by atoms with Crippen LogP contribution in [0, 0.1) is 5.92 Å². The second-order valence-electron chi connectivity index (χ2n) is 4.04. The van der Waals surface area contributed by atoms with E-state index in [9.17, 15) is 5.11 Å². The summed E-state index contributed by atoms with van der Waals surface area (Å²) in [7, 11) is 0. The number of nitrogens with two attached hydrogens (primary N) is 1. The van der Waals surface area contributed by atoms with E-state index in [0.29, 0.717) is 10.4 Å². The zero-order valence-corrected chi connectivity index (χ0v) is 11.4. The highest BCUT2D eigenvalue weighted by Gasteiger charge is 2.27. The largest absolute Gasteiger partial charge is 0.506 e. The molecule has 1 aromatic rings. The van der Waals surface area contributed by atoms with Gasteiger partial charge in [0, 0.05) is 16.1 Å². The molecule has 0 heterocycles. The van der Waals surface area contributed by atoms with Crippen molar-refractivity contribution < 1.29 is 5.11 Å². The fourth-order valence-electron chi connectivity index (χ4n) is 1.89. The van der Waals surface area contributed by atoms with Crippen LogP contribution in [0.3, 0.4) is 0 Å². The van der Waals surface area contributed by atoms with Crippen LogP contribution >= 0.6 is 31.9 Å². The van der Waals surface area contributed by atoms with Crippen LogP contribution in [0.4, 0.5) is 0 Å². The second kappa shape index (κ2) is 4.44. The first-order valence-electron chi connectivity index (χ1n) is 5.03. The molecule has 0 bridgehead atoms. The highest BCUT2D eigenvalue weighted by atomic mass is 79.9. The molecule has 0 unspecified atom stereocenters. The normalized spacial score (nSPS) is 18.6. The van der Waals surface area contributed by atoms with E-state index in [-0.39, 0.29) is 11.8 Å². The Morgan fingerprint density at radius 1 is 1.33 bits per heavy atom. The summed E-state index contributed by atoms with van der Waals surface area (Å²) in [5, 5.41) is 9.91. The Labute approximate surface area is 106 Å². The number of halogens is 2. The Balaban J connectivity index is 2.33. The SMILES string of the molecule is N[C@@H](c1cc(Br)cc(Br)c1O)C1CCC1. The molecule has 2 rings (SSSR count). The third-order valence-corrected chi connectivity index (χ3v) is 4.14. The number of phenols is 1. The quantitative estimate of drug-likeness (QED) is 0.865. The molecule has 0 aromatic heterocycles. The Morgan fingerprint density at radius 2 is 2.00 bits per heavy atom. The maximum Gasteiger partial charge on any atom is 0.134 e. The summed E-state index contributed by atoms with van der Waals surface area (Å²) in [6, 6.07) is 3.68. The lowest BCUT2D eigenvalue weighted by Gasteiger charge is -2.32. The first kappa shape index (κ1) is 11.4. The van der Waals surface area contributed by atoms with E-state index < -0.39 is 0 Å². The maximum absolute atomic E-state index is 9.91. The van der Waals surface area contributed by atoms with Crippen LogP contribution in [0.15, 0.2) is 21.1 Å². The highest BCUT2D eigenvalue weighted by molar-refractivity contribution is 9.11. The van der Waals surface area contributed by atoms with Gasteiger partial charge in [0.2, 0.25) is 0 Å². The zero-order chi connectivity index (χ0) is 11.0. The van der Waals surface area contributed by atoms with Crippen molar-refractivity contribution in [1.29, 1.82) is 0 Å². The Morgan fingerprint density at radius 3 is 2.53 bits per heavy atom. The number of phenolic OH excluding ortho intramolecular Hbond substituents is 1. The molecule has 2 nitrogen and oxygen atoms in total. The summed E-state index contributed by atoms with van der Waals surface area (Å²) in [5.74, 6) is 0.801. The van der Waals surface area contributed by atoms with Crippen LogP contribution in [0.25, 0.3) is 0 Å². The van der Waals surface area contributed by atoms with Crippen LogP contribution < -0.4 is 5.73 Å². The van der Waals surface area contributed by atoms with Gasteiger partial charge in [-0.05, 0) is 46.8 Å². The lowest BCUT2D eigenvalue weighted by atomic mass is 9.77. The fourth-order valence-corrected chi connectivity index (χ4v) is 3.15. The minimum atomic E-state index is -0.0486. The number of benzene rings is 1. The first-order valence-corrected chi connectivity index (χ1v) is 6.61. The third kappa shape index (κ3) is 2.22. The van der Waals surface area contributed by atoms with Crippen molar-refractivity contribution in [3.63, 3.8) is 0 Å². The van der Waals surface area contributed by atoms with Crippen molar-refractivity contribution in [2.45, 2.75) is 25.3 Å². The van der Waals surface area contributed by atoms with Crippen molar-refractivity contribution in [2.24, 2.45) is 11.7 Å². The van der Waals surface area contributed by atoms with Crippen molar-refractivity contribution in [1.82, 2.24) is 0 Å². The van der Waals surface area contributed by atoms with Gasteiger partial charge in [-0.3, -0.25) is 0 Å².